The Bertz CT molecular complexity index is 782. The van der Waals surface area contributed by atoms with Crippen LogP contribution in [0.5, 0.6) is 0 Å². The summed E-state index contributed by atoms with van der Waals surface area (Å²) in [6.45, 7) is 2.51. The molecule has 2 aromatic heterocycles. The first-order valence-corrected chi connectivity index (χ1v) is 8.29. The molecule has 0 spiro atoms. The van der Waals surface area contributed by atoms with Crippen molar-refractivity contribution in [3.05, 3.63) is 29.7 Å². The van der Waals surface area contributed by atoms with E-state index in [-0.39, 0.29) is 6.54 Å². The molecule has 0 aliphatic carbocycles. The molecule has 1 unspecified atom stereocenters. The summed E-state index contributed by atoms with van der Waals surface area (Å²) < 4.78 is 45.5. The number of fused-ring (bicyclic) bond motifs is 1. The van der Waals surface area contributed by atoms with Gasteiger partial charge in [0, 0.05) is 39.4 Å². The van der Waals surface area contributed by atoms with E-state index < -0.39 is 11.7 Å². The van der Waals surface area contributed by atoms with E-state index in [0.717, 1.165) is 38.4 Å². The third kappa shape index (κ3) is 4.06. The Balaban J connectivity index is 1.69. The highest BCUT2D eigenvalue weighted by atomic mass is 19.4. The zero-order valence-electron chi connectivity index (χ0n) is 14.6. The van der Waals surface area contributed by atoms with Gasteiger partial charge in [0.25, 0.3) is 0 Å². The fourth-order valence-electron chi connectivity index (χ4n) is 2.97. The number of alkyl halides is 3. The average Bonchev–Trinajstić information content (AvgIpc) is 3.24. The molecule has 0 aromatic carbocycles. The number of ether oxygens (including phenoxy) is 1. The Hall–Kier alpha value is -2.36. The Morgan fingerprint density at radius 1 is 1.42 bits per heavy atom. The monoisotopic (exact) mass is 370 g/mol. The summed E-state index contributed by atoms with van der Waals surface area (Å²) in [5, 5.41) is 11.0. The van der Waals surface area contributed by atoms with Crippen molar-refractivity contribution < 1.29 is 17.9 Å². The van der Waals surface area contributed by atoms with E-state index in [2.05, 4.69) is 20.5 Å². The Labute approximate surface area is 148 Å². The minimum absolute atomic E-state index is 0.209. The van der Waals surface area contributed by atoms with Gasteiger partial charge < -0.3 is 15.0 Å². The van der Waals surface area contributed by atoms with Crippen LogP contribution in [0.3, 0.4) is 0 Å². The number of rotatable bonds is 4. The fraction of sp³-hybridized carbons (Fsp3) is 0.562. The molecular weight excluding hydrogens is 349 g/mol. The van der Waals surface area contributed by atoms with Gasteiger partial charge in [-0.25, -0.2) is 0 Å². The second-order valence-corrected chi connectivity index (χ2v) is 6.27. The number of aromatic nitrogens is 3. The predicted octanol–water partition coefficient (Wildman–Crippen LogP) is 1.79. The highest BCUT2D eigenvalue weighted by Gasteiger charge is 2.31. The van der Waals surface area contributed by atoms with Gasteiger partial charge in [-0.1, -0.05) is 0 Å². The zero-order valence-corrected chi connectivity index (χ0v) is 14.6. The van der Waals surface area contributed by atoms with Crippen molar-refractivity contribution in [1.82, 2.24) is 24.8 Å². The van der Waals surface area contributed by atoms with E-state index in [1.54, 1.807) is 7.05 Å². The van der Waals surface area contributed by atoms with Crippen molar-refractivity contribution in [1.29, 1.82) is 0 Å². The Kier molecular flexibility index (Phi) is 5.30. The topological polar surface area (TPSA) is 67.0 Å². The first-order valence-electron chi connectivity index (χ1n) is 8.29. The van der Waals surface area contributed by atoms with Crippen LogP contribution in [0.15, 0.2) is 23.3 Å². The van der Waals surface area contributed by atoms with Gasteiger partial charge in [0.1, 0.15) is 0 Å². The molecule has 0 saturated carbocycles. The highest BCUT2D eigenvalue weighted by molar-refractivity contribution is 5.79. The molecule has 1 fully saturated rings. The number of nitrogens with one attached hydrogen (secondary N) is 1. The highest BCUT2D eigenvalue weighted by Crippen LogP contribution is 2.29. The molecule has 0 bridgehead atoms. The minimum Gasteiger partial charge on any atom is -0.381 e. The number of hydrogen-bond acceptors (Lipinski definition) is 4. The lowest BCUT2D eigenvalue weighted by atomic mass is 10.1. The van der Waals surface area contributed by atoms with E-state index in [1.807, 2.05) is 11.9 Å². The number of aliphatic imine (C=N–C) groups is 1. The number of guanidine groups is 1. The number of pyridine rings is 1. The molecule has 7 nitrogen and oxygen atoms in total. The zero-order chi connectivity index (χ0) is 18.7. The lowest BCUT2D eigenvalue weighted by molar-refractivity contribution is -0.137. The van der Waals surface area contributed by atoms with Gasteiger partial charge in [0.05, 0.1) is 18.7 Å². The molecule has 2 aromatic rings. The molecular formula is C16H21F3N6O. The van der Waals surface area contributed by atoms with Crippen LogP contribution in [0.2, 0.25) is 0 Å². The summed E-state index contributed by atoms with van der Waals surface area (Å²) in [5.41, 5.74) is -0.380. The largest absolute Gasteiger partial charge is 0.417 e. The fourth-order valence-corrected chi connectivity index (χ4v) is 2.97. The van der Waals surface area contributed by atoms with Gasteiger partial charge in [-0.2, -0.15) is 13.2 Å². The molecule has 3 heterocycles. The van der Waals surface area contributed by atoms with Crippen molar-refractivity contribution in [2.45, 2.75) is 19.1 Å². The smallest absolute Gasteiger partial charge is 0.381 e. The third-order valence-corrected chi connectivity index (χ3v) is 4.33. The van der Waals surface area contributed by atoms with Crippen LogP contribution in [0.25, 0.3) is 5.65 Å². The quantitative estimate of drug-likeness (QED) is 0.657. The van der Waals surface area contributed by atoms with Gasteiger partial charge in [-0.15, -0.1) is 10.2 Å². The molecule has 1 atom stereocenters. The lowest BCUT2D eigenvalue weighted by Gasteiger charge is -2.24. The van der Waals surface area contributed by atoms with Gasteiger partial charge in [0.2, 0.25) is 0 Å². The van der Waals surface area contributed by atoms with Crippen molar-refractivity contribution in [2.75, 3.05) is 33.9 Å². The second kappa shape index (κ2) is 7.48. The van der Waals surface area contributed by atoms with E-state index >= 15 is 0 Å². The Morgan fingerprint density at radius 3 is 2.88 bits per heavy atom. The van der Waals surface area contributed by atoms with E-state index in [9.17, 15) is 13.2 Å². The van der Waals surface area contributed by atoms with Crippen molar-refractivity contribution >= 4 is 11.6 Å². The standard InChI is InChI=1S/C16H21F3N6O/c1-20-15(24(2)8-11-5-6-26-10-11)21-7-14-23-22-13-4-3-12(9-25(13)14)16(17,18)19/h3-4,9,11H,5-8,10H2,1-2H3,(H,20,21). The molecule has 26 heavy (non-hydrogen) atoms. The summed E-state index contributed by atoms with van der Waals surface area (Å²) in [6.07, 6.45) is -2.40. The van der Waals surface area contributed by atoms with Crippen LogP contribution in [-0.4, -0.2) is 59.3 Å². The van der Waals surface area contributed by atoms with Crippen molar-refractivity contribution in [3.63, 3.8) is 0 Å². The van der Waals surface area contributed by atoms with Gasteiger partial charge >= 0.3 is 6.18 Å². The van der Waals surface area contributed by atoms with E-state index in [4.69, 9.17) is 4.74 Å². The number of hydrogen-bond donors (Lipinski definition) is 1. The van der Waals surface area contributed by atoms with Gasteiger partial charge in [-0.05, 0) is 18.6 Å². The molecule has 3 rings (SSSR count). The number of halogens is 3. The maximum atomic E-state index is 12.9. The average molecular weight is 370 g/mol. The van der Waals surface area contributed by atoms with E-state index in [0.29, 0.717) is 23.3 Å². The van der Waals surface area contributed by atoms with Crippen LogP contribution in [0, 0.1) is 5.92 Å². The third-order valence-electron chi connectivity index (χ3n) is 4.33. The predicted molar refractivity (Wildman–Crippen MR) is 89.7 cm³/mol. The maximum absolute atomic E-state index is 12.9. The van der Waals surface area contributed by atoms with Crippen LogP contribution in [0.1, 0.15) is 17.8 Å². The first-order chi connectivity index (χ1) is 12.4. The summed E-state index contributed by atoms with van der Waals surface area (Å²) in [7, 11) is 3.57. The summed E-state index contributed by atoms with van der Waals surface area (Å²) >= 11 is 0. The molecule has 10 heteroatoms. The summed E-state index contributed by atoms with van der Waals surface area (Å²) in [5.74, 6) is 1.47. The molecule has 0 radical (unpaired) electrons. The van der Waals surface area contributed by atoms with Crippen LogP contribution >= 0.6 is 0 Å². The van der Waals surface area contributed by atoms with Crippen LogP contribution < -0.4 is 5.32 Å². The molecule has 1 N–H and O–H groups in total. The summed E-state index contributed by atoms with van der Waals surface area (Å²) in [4.78, 5) is 6.20. The SMILES string of the molecule is CN=C(NCc1nnc2ccc(C(F)(F)F)cn12)N(C)CC1CCOC1. The second-order valence-electron chi connectivity index (χ2n) is 6.27. The van der Waals surface area contributed by atoms with Crippen molar-refractivity contribution in [3.8, 4) is 0 Å². The van der Waals surface area contributed by atoms with Crippen LogP contribution in [0.4, 0.5) is 13.2 Å². The van der Waals surface area contributed by atoms with Crippen molar-refractivity contribution in [2.24, 2.45) is 10.9 Å². The normalized spacial score (nSPS) is 18.5. The number of nitrogens with zero attached hydrogens (tertiary/aromatic N) is 5. The molecule has 0 amide bonds. The van der Waals surface area contributed by atoms with Gasteiger partial charge in [-0.3, -0.25) is 9.39 Å². The Morgan fingerprint density at radius 2 is 2.23 bits per heavy atom. The van der Waals surface area contributed by atoms with Crippen LogP contribution in [-0.2, 0) is 17.5 Å². The minimum atomic E-state index is -4.41. The lowest BCUT2D eigenvalue weighted by Crippen LogP contribution is -2.41. The van der Waals surface area contributed by atoms with Gasteiger partial charge in [0.15, 0.2) is 17.4 Å². The maximum Gasteiger partial charge on any atom is 0.417 e. The molecule has 142 valence electrons. The molecule has 1 aliphatic heterocycles. The molecule has 1 aliphatic rings. The molecule has 1 saturated heterocycles. The van der Waals surface area contributed by atoms with E-state index in [1.165, 1.54) is 10.5 Å². The first kappa shape index (κ1) is 18.4. The summed E-state index contributed by atoms with van der Waals surface area (Å²) in [6, 6.07) is 2.30.